The molecular weight excluding hydrogens is 470 g/mol. The average Bonchev–Trinajstić information content (AvgIpc) is 2.88. The minimum absolute atomic E-state index is 0.123. The molecule has 0 atom stereocenters. The maximum absolute atomic E-state index is 12.0. The third kappa shape index (κ3) is 4.09. The predicted octanol–water partition coefficient (Wildman–Crippen LogP) is 4.37. The van der Waals surface area contributed by atoms with Gasteiger partial charge < -0.3 is 5.32 Å². The lowest BCUT2D eigenvalue weighted by Gasteiger charge is -2.05. The van der Waals surface area contributed by atoms with Crippen LogP contribution in [0.3, 0.4) is 0 Å². The third-order valence-electron chi connectivity index (χ3n) is 2.84. The Hall–Kier alpha value is -1.03. The van der Waals surface area contributed by atoms with Crippen molar-refractivity contribution in [2.45, 2.75) is 5.16 Å². The van der Waals surface area contributed by atoms with E-state index >= 15 is 0 Å². The molecule has 0 aliphatic rings. The van der Waals surface area contributed by atoms with Crippen LogP contribution in [0, 0.1) is 3.57 Å². The number of hydrogen-bond acceptors (Lipinski definition) is 4. The Bertz CT molecular complexity index is 886. The van der Waals surface area contributed by atoms with Gasteiger partial charge in [-0.3, -0.25) is 9.20 Å². The molecule has 0 radical (unpaired) electrons. The Morgan fingerprint density at radius 2 is 2.13 bits per heavy atom. The number of fused-ring (bicyclic) bond motifs is 1. The van der Waals surface area contributed by atoms with Gasteiger partial charge in [-0.1, -0.05) is 41.0 Å². The number of benzene rings is 1. The molecule has 1 N–H and O–H groups in total. The Morgan fingerprint density at radius 1 is 1.30 bits per heavy atom. The van der Waals surface area contributed by atoms with Gasteiger partial charge in [0.2, 0.25) is 5.91 Å². The molecule has 23 heavy (non-hydrogen) atoms. The van der Waals surface area contributed by atoms with Crippen LogP contribution in [-0.4, -0.2) is 26.3 Å². The van der Waals surface area contributed by atoms with Gasteiger partial charge in [0.05, 0.1) is 15.8 Å². The van der Waals surface area contributed by atoms with Gasteiger partial charge in [-0.05, 0) is 46.9 Å². The van der Waals surface area contributed by atoms with Gasteiger partial charge in [0, 0.05) is 15.5 Å². The highest BCUT2D eigenvalue weighted by atomic mass is 127. The van der Waals surface area contributed by atoms with Crippen LogP contribution >= 0.6 is 57.6 Å². The zero-order valence-corrected chi connectivity index (χ0v) is 15.9. The highest BCUT2D eigenvalue weighted by Gasteiger charge is 2.12. The topological polar surface area (TPSA) is 59.3 Å². The lowest BCUT2D eigenvalue weighted by Crippen LogP contribution is -2.14. The summed E-state index contributed by atoms with van der Waals surface area (Å²) in [6.45, 7) is 0. The Balaban J connectivity index is 1.70. The standard InChI is InChI=1S/C14H9Cl2IN4OS/c15-8-4-11(16)13-19-20-14(21(13)6-8)23-7-12(22)18-10-3-1-2-9(17)5-10/h1-6H,7H2,(H,18,22). The zero-order valence-electron chi connectivity index (χ0n) is 11.5. The van der Waals surface area contributed by atoms with Crippen LogP contribution in [-0.2, 0) is 4.79 Å². The van der Waals surface area contributed by atoms with Crippen LogP contribution in [0.25, 0.3) is 5.65 Å². The molecule has 5 nitrogen and oxygen atoms in total. The smallest absolute Gasteiger partial charge is 0.234 e. The van der Waals surface area contributed by atoms with E-state index in [9.17, 15) is 4.79 Å². The van der Waals surface area contributed by atoms with Crippen LogP contribution in [0.15, 0.2) is 41.7 Å². The van der Waals surface area contributed by atoms with E-state index in [0.717, 1.165) is 9.26 Å². The fourth-order valence-electron chi connectivity index (χ4n) is 1.89. The molecule has 1 amide bonds. The van der Waals surface area contributed by atoms with Crippen molar-refractivity contribution in [2.75, 3.05) is 11.1 Å². The van der Waals surface area contributed by atoms with Crippen molar-refractivity contribution < 1.29 is 4.79 Å². The zero-order chi connectivity index (χ0) is 16.4. The molecule has 0 aliphatic heterocycles. The number of carbonyl (C=O) groups is 1. The van der Waals surface area contributed by atoms with Gasteiger partial charge in [-0.25, -0.2) is 0 Å². The number of thioether (sulfide) groups is 1. The summed E-state index contributed by atoms with van der Waals surface area (Å²) in [5.41, 5.74) is 1.27. The van der Waals surface area contributed by atoms with Gasteiger partial charge in [0.1, 0.15) is 0 Å². The molecule has 9 heteroatoms. The first-order chi connectivity index (χ1) is 11.0. The number of hydrogen-bond donors (Lipinski definition) is 1. The molecular formula is C14H9Cl2IN4OS. The van der Waals surface area contributed by atoms with Crippen LogP contribution in [0.4, 0.5) is 5.69 Å². The molecule has 0 spiro atoms. The summed E-state index contributed by atoms with van der Waals surface area (Å²) in [6, 6.07) is 9.19. The van der Waals surface area contributed by atoms with Crippen molar-refractivity contribution >= 4 is 74.8 Å². The van der Waals surface area contributed by atoms with Gasteiger partial charge in [0.25, 0.3) is 0 Å². The molecule has 1 aromatic carbocycles. The van der Waals surface area contributed by atoms with E-state index in [2.05, 4.69) is 38.1 Å². The highest BCUT2D eigenvalue weighted by Crippen LogP contribution is 2.25. The summed E-state index contributed by atoms with van der Waals surface area (Å²) in [7, 11) is 0. The van der Waals surface area contributed by atoms with E-state index in [1.165, 1.54) is 11.8 Å². The minimum Gasteiger partial charge on any atom is -0.325 e. The normalized spacial score (nSPS) is 10.9. The quantitative estimate of drug-likeness (QED) is 0.446. The van der Waals surface area contributed by atoms with Crippen molar-refractivity contribution in [3.63, 3.8) is 0 Å². The number of nitrogens with zero attached hydrogens (tertiary/aromatic N) is 3. The summed E-state index contributed by atoms with van der Waals surface area (Å²) < 4.78 is 2.73. The molecule has 3 aromatic rings. The van der Waals surface area contributed by atoms with E-state index in [0.29, 0.717) is 20.8 Å². The minimum atomic E-state index is -0.123. The lowest BCUT2D eigenvalue weighted by molar-refractivity contribution is -0.113. The van der Waals surface area contributed by atoms with E-state index < -0.39 is 0 Å². The summed E-state index contributed by atoms with van der Waals surface area (Å²) >= 11 is 15.5. The second-order valence-electron chi connectivity index (χ2n) is 4.53. The number of aromatic nitrogens is 3. The van der Waals surface area contributed by atoms with Gasteiger partial charge in [0.15, 0.2) is 10.8 Å². The maximum Gasteiger partial charge on any atom is 0.234 e. The fraction of sp³-hybridized carbons (Fsp3) is 0.0714. The molecule has 0 aliphatic carbocycles. The fourth-order valence-corrected chi connectivity index (χ4v) is 3.66. The van der Waals surface area contributed by atoms with Crippen LogP contribution in [0.1, 0.15) is 0 Å². The molecule has 0 bridgehead atoms. The Morgan fingerprint density at radius 3 is 2.91 bits per heavy atom. The van der Waals surface area contributed by atoms with Crippen LogP contribution in [0.5, 0.6) is 0 Å². The van der Waals surface area contributed by atoms with Gasteiger partial charge in [-0.15, -0.1) is 10.2 Å². The molecule has 0 unspecified atom stereocenters. The molecule has 2 aromatic heterocycles. The molecule has 2 heterocycles. The third-order valence-corrected chi connectivity index (χ3v) is 4.93. The van der Waals surface area contributed by atoms with Gasteiger partial charge >= 0.3 is 0 Å². The summed E-state index contributed by atoms with van der Waals surface area (Å²) in [5.74, 6) is 0.0815. The molecule has 0 fully saturated rings. The van der Waals surface area contributed by atoms with Crippen molar-refractivity contribution in [3.05, 3.63) is 50.1 Å². The maximum atomic E-state index is 12.0. The first-order valence-corrected chi connectivity index (χ1v) is 9.23. The number of anilines is 1. The van der Waals surface area contributed by atoms with E-state index in [1.807, 2.05) is 24.3 Å². The van der Waals surface area contributed by atoms with E-state index in [-0.39, 0.29) is 11.7 Å². The summed E-state index contributed by atoms with van der Waals surface area (Å²) in [5, 5.41) is 12.3. The Kier molecular flexibility index (Phi) is 5.30. The van der Waals surface area contributed by atoms with Crippen molar-refractivity contribution in [2.24, 2.45) is 0 Å². The SMILES string of the molecule is O=C(CSc1nnc2c(Cl)cc(Cl)cn12)Nc1cccc(I)c1. The number of halogens is 3. The molecule has 0 saturated heterocycles. The number of pyridine rings is 1. The first-order valence-electron chi connectivity index (χ1n) is 6.41. The first kappa shape index (κ1) is 16.8. The number of rotatable bonds is 4. The lowest BCUT2D eigenvalue weighted by atomic mass is 10.3. The molecule has 3 rings (SSSR count). The van der Waals surface area contributed by atoms with E-state index in [1.54, 1.807) is 16.7 Å². The van der Waals surface area contributed by atoms with Crippen LogP contribution < -0.4 is 5.32 Å². The summed E-state index contributed by atoms with van der Waals surface area (Å²) in [4.78, 5) is 12.0. The predicted molar refractivity (Wildman–Crippen MR) is 102 cm³/mol. The second-order valence-corrected chi connectivity index (χ2v) is 7.56. The monoisotopic (exact) mass is 478 g/mol. The molecule has 0 saturated carbocycles. The molecule has 118 valence electrons. The highest BCUT2D eigenvalue weighted by molar-refractivity contribution is 14.1. The Labute approximate surface area is 159 Å². The largest absolute Gasteiger partial charge is 0.325 e. The number of nitrogens with one attached hydrogen (secondary N) is 1. The number of carbonyl (C=O) groups excluding carboxylic acids is 1. The van der Waals surface area contributed by atoms with Crippen molar-refractivity contribution in [3.8, 4) is 0 Å². The van der Waals surface area contributed by atoms with E-state index in [4.69, 9.17) is 23.2 Å². The van der Waals surface area contributed by atoms with Crippen molar-refractivity contribution in [1.82, 2.24) is 14.6 Å². The van der Waals surface area contributed by atoms with Gasteiger partial charge in [-0.2, -0.15) is 0 Å². The average molecular weight is 479 g/mol. The second kappa shape index (κ2) is 7.25. The number of amides is 1. The van der Waals surface area contributed by atoms with Crippen LogP contribution in [0.2, 0.25) is 10.0 Å². The summed E-state index contributed by atoms with van der Waals surface area (Å²) in [6.07, 6.45) is 1.67. The van der Waals surface area contributed by atoms with Crippen molar-refractivity contribution in [1.29, 1.82) is 0 Å².